The second-order valence-electron chi connectivity index (χ2n) is 11.8. The van der Waals surface area contributed by atoms with E-state index in [-0.39, 0.29) is 22.6 Å². The lowest BCUT2D eigenvalue weighted by Crippen LogP contribution is -2.16. The minimum absolute atomic E-state index is 0.0960. The van der Waals surface area contributed by atoms with Gasteiger partial charge in [0.1, 0.15) is 0 Å². The number of anilines is 2. The van der Waals surface area contributed by atoms with Gasteiger partial charge in [-0.15, -0.1) is 0 Å². The van der Waals surface area contributed by atoms with Crippen molar-refractivity contribution in [2.24, 2.45) is 0 Å². The highest BCUT2D eigenvalue weighted by Crippen LogP contribution is 2.33. The molecule has 3 heteroatoms. The molecule has 1 aliphatic carbocycles. The molecule has 1 aliphatic rings. The number of fused-ring (bicyclic) bond motifs is 1. The fraction of sp³-hybridized carbons (Fsp3) is 0.243. The number of hydrogen-bond acceptors (Lipinski definition) is 3. The van der Waals surface area contributed by atoms with E-state index in [4.69, 9.17) is 0 Å². The lowest BCUT2D eigenvalue weighted by atomic mass is 9.85. The SMILES string of the molecule is CCC(C)c1ccc(CN(c2ccccc2)c2ccc(/C=C3\C(=O)c4ccc(C(C)(C)C)cc4C3=O)cc2)cc1. The minimum atomic E-state index is -0.198. The molecule has 5 rings (SSSR count). The number of hydrogen-bond donors (Lipinski definition) is 0. The van der Waals surface area contributed by atoms with Gasteiger partial charge in [0.05, 0.1) is 5.57 Å². The van der Waals surface area contributed by atoms with Gasteiger partial charge in [-0.3, -0.25) is 9.59 Å². The number of rotatable bonds is 7. The first-order valence-electron chi connectivity index (χ1n) is 14.1. The molecular formula is C37H37NO2. The average Bonchev–Trinajstić information content (AvgIpc) is 3.20. The number of ketones is 2. The molecule has 0 N–H and O–H groups in total. The van der Waals surface area contributed by atoms with Crippen molar-refractivity contribution >= 4 is 29.0 Å². The molecule has 0 radical (unpaired) electrons. The maximum Gasteiger partial charge on any atom is 0.197 e. The van der Waals surface area contributed by atoms with Crippen molar-refractivity contribution in [2.75, 3.05) is 4.90 Å². The molecule has 0 saturated carbocycles. The van der Waals surface area contributed by atoms with Crippen molar-refractivity contribution in [1.82, 2.24) is 0 Å². The number of para-hydroxylation sites is 1. The summed E-state index contributed by atoms with van der Waals surface area (Å²) in [6.07, 6.45) is 2.85. The lowest BCUT2D eigenvalue weighted by Gasteiger charge is -2.25. The van der Waals surface area contributed by atoms with E-state index in [1.54, 1.807) is 12.1 Å². The molecule has 4 aromatic carbocycles. The Hall–Kier alpha value is -4.24. The summed E-state index contributed by atoms with van der Waals surface area (Å²) >= 11 is 0. The van der Waals surface area contributed by atoms with Gasteiger partial charge < -0.3 is 4.90 Å². The van der Waals surface area contributed by atoms with Crippen molar-refractivity contribution in [3.63, 3.8) is 0 Å². The second-order valence-corrected chi connectivity index (χ2v) is 11.8. The molecular weight excluding hydrogens is 490 g/mol. The van der Waals surface area contributed by atoms with Crippen LogP contribution in [0.15, 0.2) is 103 Å². The third kappa shape index (κ3) is 5.56. The molecule has 0 amide bonds. The first-order valence-corrected chi connectivity index (χ1v) is 14.1. The summed E-state index contributed by atoms with van der Waals surface area (Å²) in [5, 5.41) is 0. The zero-order valence-electron chi connectivity index (χ0n) is 24.1. The Bertz CT molecular complexity index is 1560. The van der Waals surface area contributed by atoms with E-state index in [2.05, 4.69) is 88.0 Å². The van der Waals surface area contributed by atoms with Crippen LogP contribution in [0.2, 0.25) is 0 Å². The summed E-state index contributed by atoms with van der Waals surface area (Å²) in [6, 6.07) is 33.0. The Balaban J connectivity index is 1.42. The van der Waals surface area contributed by atoms with E-state index in [1.165, 1.54) is 11.1 Å². The Morgan fingerprint density at radius 3 is 2.00 bits per heavy atom. The van der Waals surface area contributed by atoms with Gasteiger partial charge in [-0.05, 0) is 82.5 Å². The van der Waals surface area contributed by atoms with Gasteiger partial charge in [-0.2, -0.15) is 0 Å². The summed E-state index contributed by atoms with van der Waals surface area (Å²) in [5.41, 5.74) is 7.76. The molecule has 40 heavy (non-hydrogen) atoms. The van der Waals surface area contributed by atoms with Crippen LogP contribution in [0.4, 0.5) is 11.4 Å². The molecule has 0 saturated heterocycles. The monoisotopic (exact) mass is 527 g/mol. The van der Waals surface area contributed by atoms with Crippen LogP contribution in [0.25, 0.3) is 6.08 Å². The van der Waals surface area contributed by atoms with Crippen LogP contribution in [-0.2, 0) is 12.0 Å². The van der Waals surface area contributed by atoms with Gasteiger partial charge in [-0.25, -0.2) is 0 Å². The van der Waals surface area contributed by atoms with E-state index in [0.29, 0.717) is 17.0 Å². The van der Waals surface area contributed by atoms with Crippen LogP contribution in [0.5, 0.6) is 0 Å². The molecule has 0 aromatic heterocycles. The maximum absolute atomic E-state index is 13.2. The maximum atomic E-state index is 13.2. The number of carbonyl (C=O) groups is 2. The summed E-state index contributed by atoms with van der Waals surface area (Å²) < 4.78 is 0. The zero-order valence-corrected chi connectivity index (χ0v) is 24.1. The van der Waals surface area contributed by atoms with Crippen LogP contribution < -0.4 is 4.90 Å². The zero-order chi connectivity index (χ0) is 28.4. The van der Waals surface area contributed by atoms with Gasteiger partial charge in [0.15, 0.2) is 11.6 Å². The topological polar surface area (TPSA) is 37.4 Å². The van der Waals surface area contributed by atoms with E-state index in [0.717, 1.165) is 35.5 Å². The summed E-state index contributed by atoms with van der Waals surface area (Å²) in [5.74, 6) is 0.158. The molecule has 0 bridgehead atoms. The van der Waals surface area contributed by atoms with Crippen molar-refractivity contribution < 1.29 is 9.59 Å². The van der Waals surface area contributed by atoms with E-state index >= 15 is 0 Å². The third-order valence-electron chi connectivity index (χ3n) is 7.95. The minimum Gasteiger partial charge on any atom is -0.337 e. The standard InChI is InChI=1S/C37H37NO2/c1-6-25(2)28-16-12-27(13-17-28)24-38(30-10-8-7-9-11-30)31-19-14-26(15-20-31)22-34-35(39)32-21-18-29(37(3,4)5)23-33(32)36(34)40/h7-23,25H,6,24H2,1-5H3/b34-22+. The molecule has 0 spiro atoms. The van der Waals surface area contributed by atoms with Crippen molar-refractivity contribution in [3.8, 4) is 0 Å². The van der Waals surface area contributed by atoms with Crippen molar-refractivity contribution in [3.05, 3.63) is 136 Å². The molecule has 0 heterocycles. The lowest BCUT2D eigenvalue weighted by molar-refractivity contribution is 0.0990. The van der Waals surface area contributed by atoms with Crippen molar-refractivity contribution in [2.45, 2.75) is 58.9 Å². The van der Waals surface area contributed by atoms with Gasteiger partial charge in [0.25, 0.3) is 0 Å². The largest absolute Gasteiger partial charge is 0.337 e. The first-order chi connectivity index (χ1) is 19.2. The van der Waals surface area contributed by atoms with E-state index in [9.17, 15) is 9.59 Å². The highest BCUT2D eigenvalue weighted by molar-refractivity contribution is 6.41. The highest BCUT2D eigenvalue weighted by Gasteiger charge is 2.34. The highest BCUT2D eigenvalue weighted by atomic mass is 16.2. The van der Waals surface area contributed by atoms with Crippen LogP contribution >= 0.6 is 0 Å². The summed E-state index contributed by atoms with van der Waals surface area (Å²) in [4.78, 5) is 28.6. The van der Waals surface area contributed by atoms with Crippen LogP contribution in [0.3, 0.4) is 0 Å². The van der Waals surface area contributed by atoms with E-state index in [1.807, 2.05) is 42.5 Å². The average molecular weight is 528 g/mol. The molecule has 202 valence electrons. The number of benzene rings is 4. The number of nitrogens with zero attached hydrogens (tertiary/aromatic N) is 1. The smallest absolute Gasteiger partial charge is 0.197 e. The molecule has 0 fully saturated rings. The van der Waals surface area contributed by atoms with Crippen LogP contribution in [0.1, 0.15) is 89.9 Å². The Morgan fingerprint density at radius 1 is 0.750 bits per heavy atom. The van der Waals surface area contributed by atoms with Gasteiger partial charge in [0, 0.05) is 29.0 Å². The Kier molecular flexibility index (Phi) is 7.58. The fourth-order valence-electron chi connectivity index (χ4n) is 5.15. The van der Waals surface area contributed by atoms with Gasteiger partial charge in [-0.1, -0.05) is 95.3 Å². The fourth-order valence-corrected chi connectivity index (χ4v) is 5.15. The normalized spacial score (nSPS) is 14.9. The number of Topliss-reactive ketones (excluding diaryl/α,β-unsaturated/α-hetero) is 2. The predicted molar refractivity (Wildman–Crippen MR) is 166 cm³/mol. The number of allylic oxidation sites excluding steroid dienone is 1. The Morgan fingerprint density at radius 2 is 1.38 bits per heavy atom. The predicted octanol–water partition coefficient (Wildman–Crippen LogP) is 9.30. The van der Waals surface area contributed by atoms with Crippen molar-refractivity contribution in [1.29, 1.82) is 0 Å². The van der Waals surface area contributed by atoms with Gasteiger partial charge in [0.2, 0.25) is 0 Å². The molecule has 1 unspecified atom stereocenters. The quantitative estimate of drug-likeness (QED) is 0.177. The number of carbonyl (C=O) groups excluding carboxylic acids is 2. The van der Waals surface area contributed by atoms with Crippen LogP contribution in [-0.4, -0.2) is 11.6 Å². The summed E-state index contributed by atoms with van der Waals surface area (Å²) in [6.45, 7) is 11.5. The molecule has 0 aliphatic heterocycles. The third-order valence-corrected chi connectivity index (χ3v) is 7.95. The second kappa shape index (κ2) is 11.1. The van der Waals surface area contributed by atoms with Gasteiger partial charge >= 0.3 is 0 Å². The molecule has 3 nitrogen and oxygen atoms in total. The molecule has 1 atom stereocenters. The Labute approximate surface area is 238 Å². The van der Waals surface area contributed by atoms with E-state index < -0.39 is 0 Å². The summed E-state index contributed by atoms with van der Waals surface area (Å²) in [7, 11) is 0. The van der Waals surface area contributed by atoms with Crippen LogP contribution in [0, 0.1) is 0 Å². The first kappa shape index (κ1) is 27.3. The molecule has 4 aromatic rings.